The number of hydrogen-bond donors (Lipinski definition) is 1. The number of aromatic nitrogens is 2. The predicted molar refractivity (Wildman–Crippen MR) is 193 cm³/mol. The molecular formula is C35H41Cl2F2N4O5S2+. The average molecular weight is 771 g/mol. The normalized spacial score (nSPS) is 13.1. The first kappa shape index (κ1) is 39.6. The molecule has 0 saturated carbocycles. The van der Waals surface area contributed by atoms with Crippen molar-refractivity contribution in [2.24, 2.45) is 0 Å². The lowest BCUT2D eigenvalue weighted by molar-refractivity contribution is -0.870. The molecule has 4 aromatic rings. The minimum atomic E-state index is -4.44. The first-order valence-corrected chi connectivity index (χ1v) is 18.8. The third-order valence-corrected chi connectivity index (χ3v) is 12.0. The molecule has 9 nitrogen and oxygen atoms in total. The van der Waals surface area contributed by atoms with Gasteiger partial charge in [-0.3, -0.25) is 9.36 Å². The number of aliphatic carboxylic acids is 1. The fourth-order valence-corrected chi connectivity index (χ4v) is 8.70. The topological polar surface area (TPSA) is 102 Å². The van der Waals surface area contributed by atoms with E-state index in [2.05, 4.69) is 4.98 Å². The summed E-state index contributed by atoms with van der Waals surface area (Å²) in [4.78, 5) is 16.1. The van der Waals surface area contributed by atoms with E-state index in [9.17, 15) is 22.7 Å². The molecule has 0 bridgehead atoms. The van der Waals surface area contributed by atoms with Crippen molar-refractivity contribution in [1.82, 2.24) is 13.9 Å². The van der Waals surface area contributed by atoms with Crippen LogP contribution in [0.2, 0.25) is 10.0 Å². The van der Waals surface area contributed by atoms with Gasteiger partial charge in [0.2, 0.25) is 10.0 Å². The van der Waals surface area contributed by atoms with Crippen LogP contribution in [0.15, 0.2) is 70.8 Å². The van der Waals surface area contributed by atoms with Gasteiger partial charge in [-0.05, 0) is 61.0 Å². The standard InChI is InChI=1S/C35H40Cl2F2N4O5S2/c1-22(33(44)45)41(15-8-16-43(4,5)6)50(46,47)26-18-29(37)27(30(39)19-26)21-49-34-40-20-32(42(34)25-12-10-24(38)11-13-25)35(2,3)23-9-14-28(36)31(17-23)48-7/h9-14,17-20,22H,8,15-16,21H2,1-7H3/p+1/t22-/m0/s1. The minimum absolute atomic E-state index is 0.0312. The van der Waals surface area contributed by atoms with Gasteiger partial charge in [-0.1, -0.05) is 54.9 Å². The van der Waals surface area contributed by atoms with E-state index in [0.29, 0.717) is 39.1 Å². The van der Waals surface area contributed by atoms with E-state index in [1.165, 1.54) is 26.2 Å². The van der Waals surface area contributed by atoms with E-state index >= 15 is 4.39 Å². The summed E-state index contributed by atoms with van der Waals surface area (Å²) >= 11 is 14.0. The fraction of sp³-hybridized carbons (Fsp3) is 0.371. The summed E-state index contributed by atoms with van der Waals surface area (Å²) in [6.45, 7) is 5.78. The number of carboxylic acids is 1. The molecule has 4 rings (SSSR count). The summed E-state index contributed by atoms with van der Waals surface area (Å²) in [5.41, 5.74) is 1.59. The van der Waals surface area contributed by atoms with Crippen LogP contribution in [0, 0.1) is 11.6 Å². The minimum Gasteiger partial charge on any atom is -0.495 e. The summed E-state index contributed by atoms with van der Waals surface area (Å²) < 4.78 is 65.8. The van der Waals surface area contributed by atoms with Gasteiger partial charge in [-0.2, -0.15) is 4.31 Å². The van der Waals surface area contributed by atoms with E-state index in [0.717, 1.165) is 39.5 Å². The van der Waals surface area contributed by atoms with Gasteiger partial charge in [-0.25, -0.2) is 22.2 Å². The Bertz CT molecular complexity index is 1940. The van der Waals surface area contributed by atoms with Crippen LogP contribution >= 0.6 is 35.0 Å². The second-order valence-electron chi connectivity index (χ2n) is 13.4. The van der Waals surface area contributed by atoms with Crippen molar-refractivity contribution in [2.45, 2.75) is 54.5 Å². The molecule has 0 aliphatic heterocycles. The molecule has 1 aromatic heterocycles. The molecule has 3 aromatic carbocycles. The molecule has 0 amide bonds. The van der Waals surface area contributed by atoms with E-state index in [1.54, 1.807) is 24.4 Å². The van der Waals surface area contributed by atoms with Gasteiger partial charge < -0.3 is 14.3 Å². The van der Waals surface area contributed by atoms with Crippen LogP contribution in [0.25, 0.3) is 5.69 Å². The quantitative estimate of drug-likeness (QED) is 0.0980. The number of rotatable bonds is 15. The van der Waals surface area contributed by atoms with Crippen molar-refractivity contribution < 1.29 is 36.3 Å². The van der Waals surface area contributed by atoms with Crippen molar-refractivity contribution in [3.05, 3.63) is 99.3 Å². The van der Waals surface area contributed by atoms with Crippen molar-refractivity contribution in [2.75, 3.05) is 41.3 Å². The van der Waals surface area contributed by atoms with Gasteiger partial charge in [0, 0.05) is 40.4 Å². The number of carbonyl (C=O) groups is 1. The second-order valence-corrected chi connectivity index (χ2v) is 17.0. The van der Waals surface area contributed by atoms with Crippen LogP contribution in [0.3, 0.4) is 0 Å². The molecule has 0 aliphatic rings. The van der Waals surface area contributed by atoms with E-state index in [1.807, 2.05) is 51.7 Å². The number of methoxy groups -OCH3 is 1. The molecule has 50 heavy (non-hydrogen) atoms. The molecule has 0 aliphatic carbocycles. The third-order valence-electron chi connectivity index (χ3n) is 8.39. The van der Waals surface area contributed by atoms with Gasteiger partial charge in [0.25, 0.3) is 0 Å². The van der Waals surface area contributed by atoms with Gasteiger partial charge in [0.15, 0.2) is 5.16 Å². The van der Waals surface area contributed by atoms with Gasteiger partial charge in [0.1, 0.15) is 23.4 Å². The number of carboxylic acid groups (broad SMARTS) is 1. The Kier molecular flexibility index (Phi) is 12.3. The summed E-state index contributed by atoms with van der Waals surface area (Å²) in [7, 11) is 2.92. The van der Waals surface area contributed by atoms with Crippen LogP contribution in [0.5, 0.6) is 5.75 Å². The Balaban J connectivity index is 1.70. The van der Waals surface area contributed by atoms with Crippen LogP contribution in [-0.4, -0.2) is 85.2 Å². The lowest BCUT2D eigenvalue weighted by atomic mass is 9.81. The predicted octanol–water partition coefficient (Wildman–Crippen LogP) is 7.64. The van der Waals surface area contributed by atoms with Crippen LogP contribution in [-0.2, 0) is 26.0 Å². The summed E-state index contributed by atoms with van der Waals surface area (Å²) in [6.07, 6.45) is 2.08. The molecule has 1 atom stereocenters. The zero-order valence-electron chi connectivity index (χ0n) is 28.9. The highest BCUT2D eigenvalue weighted by Crippen LogP contribution is 2.40. The average Bonchev–Trinajstić information content (AvgIpc) is 3.47. The largest absolute Gasteiger partial charge is 0.495 e. The van der Waals surface area contributed by atoms with Crippen molar-refractivity contribution >= 4 is 51.0 Å². The molecule has 1 heterocycles. The maximum atomic E-state index is 15.8. The summed E-state index contributed by atoms with van der Waals surface area (Å²) in [6, 6.07) is 12.0. The Morgan fingerprint density at radius 1 is 1.08 bits per heavy atom. The third kappa shape index (κ3) is 8.80. The summed E-state index contributed by atoms with van der Waals surface area (Å²) in [5, 5.41) is 10.4. The number of quaternary nitrogens is 1. The fourth-order valence-electron chi connectivity index (χ4n) is 5.40. The highest BCUT2D eigenvalue weighted by molar-refractivity contribution is 7.98. The molecular weight excluding hydrogens is 729 g/mol. The number of ether oxygens (including phenoxy) is 1. The van der Waals surface area contributed by atoms with E-state index < -0.39 is 44.0 Å². The Hall–Kier alpha value is -3.20. The first-order valence-electron chi connectivity index (χ1n) is 15.6. The number of benzene rings is 3. The Morgan fingerprint density at radius 2 is 1.74 bits per heavy atom. The van der Waals surface area contributed by atoms with Crippen molar-refractivity contribution in [3.8, 4) is 11.4 Å². The number of halogens is 4. The zero-order valence-corrected chi connectivity index (χ0v) is 32.0. The number of nitrogens with zero attached hydrogens (tertiary/aromatic N) is 4. The van der Waals surface area contributed by atoms with Crippen LogP contribution in [0.1, 0.15) is 44.0 Å². The van der Waals surface area contributed by atoms with Crippen molar-refractivity contribution in [3.63, 3.8) is 0 Å². The number of thioether (sulfide) groups is 1. The first-order chi connectivity index (χ1) is 23.3. The number of sulfonamides is 1. The van der Waals surface area contributed by atoms with Crippen LogP contribution in [0.4, 0.5) is 8.78 Å². The highest BCUT2D eigenvalue weighted by Gasteiger charge is 2.35. The molecule has 0 radical (unpaired) electrons. The molecule has 0 fully saturated rings. The van der Waals surface area contributed by atoms with Crippen LogP contribution < -0.4 is 4.74 Å². The molecule has 0 unspecified atom stereocenters. The molecule has 0 saturated heterocycles. The molecule has 0 spiro atoms. The van der Waals surface area contributed by atoms with Gasteiger partial charge in [0.05, 0.1) is 56.6 Å². The maximum Gasteiger partial charge on any atom is 0.321 e. The lowest BCUT2D eigenvalue weighted by Gasteiger charge is -2.29. The van der Waals surface area contributed by atoms with E-state index in [4.69, 9.17) is 27.9 Å². The maximum absolute atomic E-state index is 15.8. The monoisotopic (exact) mass is 769 g/mol. The molecule has 15 heteroatoms. The molecule has 270 valence electrons. The Morgan fingerprint density at radius 3 is 2.32 bits per heavy atom. The van der Waals surface area contributed by atoms with E-state index in [-0.39, 0.29) is 22.9 Å². The second kappa shape index (κ2) is 15.6. The van der Waals surface area contributed by atoms with Crippen molar-refractivity contribution in [1.29, 1.82) is 0 Å². The highest BCUT2D eigenvalue weighted by atomic mass is 35.5. The lowest BCUT2D eigenvalue weighted by Crippen LogP contribution is -2.45. The Labute approximate surface area is 306 Å². The SMILES string of the molecule is COc1cc(C(C)(C)c2cnc(SCc3c(F)cc(S(=O)(=O)N(CCC[N+](C)(C)C)[C@@H](C)C(=O)O)cc3Cl)n2-c2ccc(F)cc2)ccc1Cl. The molecule has 1 N–H and O–H groups in total. The number of imidazole rings is 1. The number of hydrogen-bond acceptors (Lipinski definition) is 6. The van der Waals surface area contributed by atoms with Gasteiger partial charge >= 0.3 is 5.97 Å². The zero-order chi connectivity index (χ0) is 37.2. The summed E-state index contributed by atoms with van der Waals surface area (Å²) in [5.74, 6) is -2.14. The van der Waals surface area contributed by atoms with Gasteiger partial charge in [-0.15, -0.1) is 0 Å². The smallest absolute Gasteiger partial charge is 0.321 e.